The van der Waals surface area contributed by atoms with E-state index in [0.29, 0.717) is 11.8 Å². The molecule has 0 aliphatic heterocycles. The zero-order chi connectivity index (χ0) is 13.5. The first-order valence-electron chi connectivity index (χ1n) is 6.96. The Morgan fingerprint density at radius 3 is 2.11 bits per heavy atom. The molecule has 0 aliphatic rings. The summed E-state index contributed by atoms with van der Waals surface area (Å²) in [6.45, 7) is 9.41. The maximum atomic E-state index is 12.0. The Morgan fingerprint density at radius 2 is 1.67 bits per heavy atom. The highest BCUT2D eigenvalue weighted by molar-refractivity contribution is 5.94. The van der Waals surface area contributed by atoms with Gasteiger partial charge in [-0.15, -0.1) is 0 Å². The van der Waals surface area contributed by atoms with Gasteiger partial charge in [0, 0.05) is 12.1 Å². The van der Waals surface area contributed by atoms with Crippen LogP contribution < -0.4 is 5.32 Å². The van der Waals surface area contributed by atoms with Crippen molar-refractivity contribution in [2.24, 2.45) is 5.92 Å². The smallest absolute Gasteiger partial charge is 0.251 e. The summed E-state index contributed by atoms with van der Waals surface area (Å²) in [5.74, 6) is 1.13. The summed E-state index contributed by atoms with van der Waals surface area (Å²) < 4.78 is 0. The predicted molar refractivity (Wildman–Crippen MR) is 76.9 cm³/mol. The molecule has 1 aromatic rings. The molecule has 0 aromatic heterocycles. The number of carbonyl (C=O) groups is 1. The number of carbonyl (C=O) groups excluding carboxylic acids is 1. The number of rotatable bonds is 6. The second-order valence-corrected chi connectivity index (χ2v) is 5.17. The van der Waals surface area contributed by atoms with E-state index in [1.165, 1.54) is 5.56 Å². The number of benzene rings is 1. The van der Waals surface area contributed by atoms with Crippen LogP contribution in [0, 0.1) is 5.92 Å². The van der Waals surface area contributed by atoms with Crippen LogP contribution in [0.1, 0.15) is 62.4 Å². The lowest BCUT2D eigenvalue weighted by Crippen LogP contribution is -2.28. The van der Waals surface area contributed by atoms with Crippen molar-refractivity contribution in [1.29, 1.82) is 0 Å². The second-order valence-electron chi connectivity index (χ2n) is 5.17. The predicted octanol–water partition coefficient (Wildman–Crippen LogP) is 3.98. The van der Waals surface area contributed by atoms with Gasteiger partial charge in [-0.3, -0.25) is 4.79 Å². The van der Waals surface area contributed by atoms with Gasteiger partial charge in [0.25, 0.3) is 5.91 Å². The quantitative estimate of drug-likeness (QED) is 0.809. The van der Waals surface area contributed by atoms with Crippen LogP contribution in [-0.2, 0) is 0 Å². The molecule has 0 spiro atoms. The normalized spacial score (nSPS) is 11.0. The summed E-state index contributed by atoms with van der Waals surface area (Å²) in [7, 11) is 0. The van der Waals surface area contributed by atoms with E-state index in [4.69, 9.17) is 0 Å². The van der Waals surface area contributed by atoms with Gasteiger partial charge in [-0.25, -0.2) is 0 Å². The van der Waals surface area contributed by atoms with E-state index < -0.39 is 0 Å². The van der Waals surface area contributed by atoms with Crippen molar-refractivity contribution >= 4 is 5.91 Å². The lowest BCUT2D eigenvalue weighted by Gasteiger charge is -2.13. The largest absolute Gasteiger partial charge is 0.352 e. The fourth-order valence-corrected chi connectivity index (χ4v) is 1.94. The number of amides is 1. The summed E-state index contributed by atoms with van der Waals surface area (Å²) in [6, 6.07) is 7.91. The molecule has 1 amide bonds. The van der Waals surface area contributed by atoms with Crippen LogP contribution in [0.25, 0.3) is 0 Å². The number of hydrogen-bond donors (Lipinski definition) is 1. The maximum Gasteiger partial charge on any atom is 0.251 e. The third-order valence-electron chi connectivity index (χ3n) is 3.55. The van der Waals surface area contributed by atoms with Gasteiger partial charge in [0.15, 0.2) is 0 Å². The fraction of sp³-hybridized carbons (Fsp3) is 0.562. The van der Waals surface area contributed by atoms with Gasteiger partial charge >= 0.3 is 0 Å². The molecule has 100 valence electrons. The molecule has 18 heavy (non-hydrogen) atoms. The van der Waals surface area contributed by atoms with Gasteiger partial charge in [0.2, 0.25) is 0 Å². The van der Waals surface area contributed by atoms with Gasteiger partial charge in [-0.1, -0.05) is 52.7 Å². The van der Waals surface area contributed by atoms with Crippen molar-refractivity contribution in [3.8, 4) is 0 Å². The molecule has 0 aliphatic carbocycles. The second kappa shape index (κ2) is 7.20. The highest BCUT2D eigenvalue weighted by atomic mass is 16.1. The summed E-state index contributed by atoms with van der Waals surface area (Å²) >= 11 is 0. The van der Waals surface area contributed by atoms with Gasteiger partial charge in [-0.2, -0.15) is 0 Å². The van der Waals surface area contributed by atoms with Crippen LogP contribution in [-0.4, -0.2) is 12.5 Å². The van der Waals surface area contributed by atoms with Crippen molar-refractivity contribution < 1.29 is 4.79 Å². The Hall–Kier alpha value is -1.31. The van der Waals surface area contributed by atoms with E-state index in [-0.39, 0.29) is 5.91 Å². The number of hydrogen-bond acceptors (Lipinski definition) is 1. The van der Waals surface area contributed by atoms with E-state index in [1.54, 1.807) is 0 Å². The Kier molecular flexibility index (Phi) is 5.90. The highest BCUT2D eigenvalue weighted by Gasteiger charge is 2.09. The van der Waals surface area contributed by atoms with Crippen LogP contribution in [0.4, 0.5) is 0 Å². The molecule has 0 saturated carbocycles. The Balaban J connectivity index is 2.56. The SMILES string of the molecule is CCC(CC)CNC(=O)c1ccc(C(C)C)cc1. The highest BCUT2D eigenvalue weighted by Crippen LogP contribution is 2.14. The average molecular weight is 247 g/mol. The molecular weight excluding hydrogens is 222 g/mol. The fourth-order valence-electron chi connectivity index (χ4n) is 1.94. The minimum Gasteiger partial charge on any atom is -0.352 e. The molecular formula is C16H25NO. The topological polar surface area (TPSA) is 29.1 Å². The lowest BCUT2D eigenvalue weighted by atomic mass is 10.0. The molecule has 0 fully saturated rings. The number of nitrogens with one attached hydrogen (secondary N) is 1. The van der Waals surface area contributed by atoms with Crippen LogP contribution in [0.15, 0.2) is 24.3 Å². The van der Waals surface area contributed by atoms with Gasteiger partial charge in [0.05, 0.1) is 0 Å². The summed E-state index contributed by atoms with van der Waals surface area (Å²) in [6.07, 6.45) is 2.23. The van der Waals surface area contributed by atoms with E-state index in [9.17, 15) is 4.79 Å². The summed E-state index contributed by atoms with van der Waals surface area (Å²) in [5, 5.41) is 3.01. The zero-order valence-electron chi connectivity index (χ0n) is 12.0. The Bertz CT molecular complexity index is 363. The third-order valence-corrected chi connectivity index (χ3v) is 3.55. The van der Waals surface area contributed by atoms with Crippen LogP contribution in [0.3, 0.4) is 0 Å². The van der Waals surface area contributed by atoms with E-state index in [0.717, 1.165) is 24.9 Å². The first kappa shape index (κ1) is 14.7. The minimum absolute atomic E-state index is 0.0391. The molecule has 2 nitrogen and oxygen atoms in total. The van der Waals surface area contributed by atoms with Crippen molar-refractivity contribution in [3.63, 3.8) is 0 Å². The van der Waals surface area contributed by atoms with E-state index >= 15 is 0 Å². The standard InChI is InChI=1S/C16H25NO/c1-5-13(6-2)11-17-16(18)15-9-7-14(8-10-15)12(3)4/h7-10,12-13H,5-6,11H2,1-4H3,(H,17,18). The molecule has 1 rings (SSSR count). The minimum atomic E-state index is 0.0391. The molecule has 0 atom stereocenters. The van der Waals surface area contributed by atoms with Gasteiger partial charge in [-0.05, 0) is 29.5 Å². The molecule has 0 bridgehead atoms. The Morgan fingerprint density at radius 1 is 1.11 bits per heavy atom. The molecule has 1 N–H and O–H groups in total. The van der Waals surface area contributed by atoms with Gasteiger partial charge < -0.3 is 5.32 Å². The molecule has 1 aromatic carbocycles. The van der Waals surface area contributed by atoms with Crippen molar-refractivity contribution in [1.82, 2.24) is 5.32 Å². The van der Waals surface area contributed by atoms with Gasteiger partial charge in [0.1, 0.15) is 0 Å². The monoisotopic (exact) mass is 247 g/mol. The van der Waals surface area contributed by atoms with E-state index in [2.05, 4.69) is 33.0 Å². The molecule has 2 heteroatoms. The maximum absolute atomic E-state index is 12.0. The summed E-state index contributed by atoms with van der Waals surface area (Å²) in [5.41, 5.74) is 2.02. The van der Waals surface area contributed by atoms with E-state index in [1.807, 2.05) is 24.3 Å². The Labute approximate surface area is 111 Å². The first-order valence-corrected chi connectivity index (χ1v) is 6.96. The molecule has 0 saturated heterocycles. The van der Waals surface area contributed by atoms with Crippen molar-refractivity contribution in [3.05, 3.63) is 35.4 Å². The van der Waals surface area contributed by atoms with Crippen LogP contribution >= 0.6 is 0 Å². The van der Waals surface area contributed by atoms with Crippen molar-refractivity contribution in [2.45, 2.75) is 46.5 Å². The first-order chi connectivity index (χ1) is 8.58. The zero-order valence-corrected chi connectivity index (χ0v) is 12.0. The van der Waals surface area contributed by atoms with Crippen LogP contribution in [0.2, 0.25) is 0 Å². The molecule has 0 unspecified atom stereocenters. The van der Waals surface area contributed by atoms with Crippen LogP contribution in [0.5, 0.6) is 0 Å². The average Bonchev–Trinajstić information content (AvgIpc) is 2.39. The van der Waals surface area contributed by atoms with Crippen molar-refractivity contribution in [2.75, 3.05) is 6.54 Å². The summed E-state index contributed by atoms with van der Waals surface area (Å²) in [4.78, 5) is 12.0. The third kappa shape index (κ3) is 4.17. The molecule has 0 heterocycles. The molecule has 0 radical (unpaired) electrons. The lowest BCUT2D eigenvalue weighted by molar-refractivity contribution is 0.0946.